The van der Waals surface area contributed by atoms with Gasteiger partial charge in [0.15, 0.2) is 5.78 Å². The van der Waals surface area contributed by atoms with Crippen molar-refractivity contribution < 1.29 is 9.59 Å². The van der Waals surface area contributed by atoms with Gasteiger partial charge in [-0.3, -0.25) is 4.79 Å². The Hall–Kier alpha value is -4.01. The maximum Gasteiger partial charge on any atom is 0.321 e. The maximum absolute atomic E-state index is 13.1. The molecule has 3 heterocycles. The molecule has 2 aromatic heterocycles. The topological polar surface area (TPSA) is 94.2 Å². The lowest BCUT2D eigenvalue weighted by atomic mass is 9.94. The van der Waals surface area contributed by atoms with Gasteiger partial charge in [0, 0.05) is 67.0 Å². The molecule has 1 aliphatic rings. The van der Waals surface area contributed by atoms with Gasteiger partial charge in [-0.1, -0.05) is 48.0 Å². The highest BCUT2D eigenvalue weighted by Gasteiger charge is 2.25. The fraction of sp³-hybridized carbons (Fsp3) is 0.312. The van der Waals surface area contributed by atoms with Gasteiger partial charge in [-0.05, 0) is 62.7 Å². The number of hydrogen-bond acceptors (Lipinski definition) is 5. The van der Waals surface area contributed by atoms with E-state index in [2.05, 4.69) is 21.4 Å². The van der Waals surface area contributed by atoms with E-state index in [1.165, 1.54) is 0 Å². The SMILES string of the molecule is CN(C)C/C=C/C(=O)Cc1ccc(NC(=O)N2CCCC(Cc3ncc(Cl)c(-c4c[nH]c5ccccc45)n3)C2)cc1. The van der Waals surface area contributed by atoms with Crippen LogP contribution in [0.4, 0.5) is 10.5 Å². The lowest BCUT2D eigenvalue weighted by Gasteiger charge is -2.32. The molecule has 2 N–H and O–H groups in total. The third-order valence-corrected chi connectivity index (χ3v) is 7.55. The number of aromatic amines is 1. The van der Waals surface area contributed by atoms with Crippen LogP contribution in [0.1, 0.15) is 24.2 Å². The number of amides is 2. The van der Waals surface area contributed by atoms with Crippen molar-refractivity contribution in [3.05, 3.63) is 89.5 Å². The smallest absolute Gasteiger partial charge is 0.321 e. The number of benzene rings is 2. The molecule has 2 amide bonds. The Morgan fingerprint density at radius 1 is 1.17 bits per heavy atom. The lowest BCUT2D eigenvalue weighted by Crippen LogP contribution is -2.43. The molecule has 0 saturated carbocycles. The van der Waals surface area contributed by atoms with Crippen molar-refractivity contribution >= 4 is 40.0 Å². The van der Waals surface area contributed by atoms with Crippen molar-refractivity contribution in [1.29, 1.82) is 0 Å². The predicted molar refractivity (Wildman–Crippen MR) is 164 cm³/mol. The molecular formula is C32H35ClN6O2. The number of aromatic nitrogens is 3. The highest BCUT2D eigenvalue weighted by atomic mass is 35.5. The molecule has 5 rings (SSSR count). The number of carbonyl (C=O) groups is 2. The number of ketones is 1. The number of piperidine rings is 1. The fourth-order valence-corrected chi connectivity index (χ4v) is 5.39. The van der Waals surface area contributed by atoms with Crippen LogP contribution < -0.4 is 5.32 Å². The van der Waals surface area contributed by atoms with Gasteiger partial charge in [-0.15, -0.1) is 0 Å². The molecule has 1 saturated heterocycles. The van der Waals surface area contributed by atoms with E-state index in [0.717, 1.165) is 47.2 Å². The summed E-state index contributed by atoms with van der Waals surface area (Å²) >= 11 is 6.52. The number of H-pyrrole nitrogens is 1. The standard InChI is InChI=1S/C32H35ClN6O2/c1-38(2)15-6-8-25(40)17-22-11-13-24(14-12-22)36-32(41)39-16-5-7-23(21-39)18-30-35-20-28(33)31(37-30)27-19-34-29-10-4-3-9-26(27)29/h3-4,6,8-14,19-20,23,34H,5,7,15-18,21H2,1-2H3,(H,36,41)/b8-6+. The van der Waals surface area contributed by atoms with E-state index in [4.69, 9.17) is 16.6 Å². The average Bonchev–Trinajstić information content (AvgIpc) is 3.39. The van der Waals surface area contributed by atoms with Crippen molar-refractivity contribution in [3.63, 3.8) is 0 Å². The molecule has 8 nitrogen and oxygen atoms in total. The number of anilines is 1. The van der Waals surface area contributed by atoms with Crippen LogP contribution in [0.25, 0.3) is 22.2 Å². The molecule has 0 bridgehead atoms. The minimum absolute atomic E-state index is 0.0567. The molecule has 0 aliphatic carbocycles. The Bertz CT molecular complexity index is 1550. The van der Waals surface area contributed by atoms with E-state index in [9.17, 15) is 9.59 Å². The quantitative estimate of drug-likeness (QED) is 0.241. The number of allylic oxidation sites excluding steroid dienone is 1. The van der Waals surface area contributed by atoms with E-state index in [1.54, 1.807) is 12.3 Å². The molecule has 1 aliphatic heterocycles. The maximum atomic E-state index is 13.1. The Labute approximate surface area is 245 Å². The number of nitrogens with zero attached hydrogens (tertiary/aromatic N) is 4. The van der Waals surface area contributed by atoms with E-state index in [-0.39, 0.29) is 17.7 Å². The van der Waals surface area contributed by atoms with Gasteiger partial charge in [0.25, 0.3) is 0 Å². The molecule has 1 fully saturated rings. The van der Waals surface area contributed by atoms with Gasteiger partial charge in [0.1, 0.15) is 5.82 Å². The Morgan fingerprint density at radius 2 is 1.98 bits per heavy atom. The van der Waals surface area contributed by atoms with Crippen molar-refractivity contribution in [2.24, 2.45) is 5.92 Å². The Morgan fingerprint density at radius 3 is 2.78 bits per heavy atom. The van der Waals surface area contributed by atoms with Gasteiger partial charge < -0.3 is 20.1 Å². The van der Waals surface area contributed by atoms with Crippen LogP contribution in [0.2, 0.25) is 5.02 Å². The van der Waals surface area contributed by atoms with Crippen LogP contribution in [0.15, 0.2) is 73.1 Å². The van der Waals surface area contributed by atoms with E-state index < -0.39 is 0 Å². The summed E-state index contributed by atoms with van der Waals surface area (Å²) in [5.41, 5.74) is 4.32. The minimum atomic E-state index is -0.123. The number of nitrogens with one attached hydrogen (secondary N) is 2. The van der Waals surface area contributed by atoms with Gasteiger partial charge >= 0.3 is 6.03 Å². The van der Waals surface area contributed by atoms with Crippen LogP contribution in [-0.4, -0.2) is 70.3 Å². The van der Waals surface area contributed by atoms with E-state index in [1.807, 2.05) is 78.6 Å². The summed E-state index contributed by atoms with van der Waals surface area (Å²) in [6, 6.07) is 15.4. The first-order chi connectivity index (χ1) is 19.9. The van der Waals surface area contributed by atoms with Crippen LogP contribution in [0, 0.1) is 5.92 Å². The first-order valence-corrected chi connectivity index (χ1v) is 14.3. The van der Waals surface area contributed by atoms with Crippen LogP contribution in [0.3, 0.4) is 0 Å². The van der Waals surface area contributed by atoms with Crippen LogP contribution >= 0.6 is 11.6 Å². The number of para-hydroxylation sites is 1. The Balaban J connectivity index is 1.17. The normalized spacial score (nSPS) is 15.6. The van der Waals surface area contributed by atoms with E-state index >= 15 is 0 Å². The van der Waals surface area contributed by atoms with Gasteiger partial charge in [-0.2, -0.15) is 0 Å². The summed E-state index contributed by atoms with van der Waals surface area (Å²) in [6.45, 7) is 2.06. The fourth-order valence-electron chi connectivity index (χ4n) is 5.20. The second-order valence-corrected chi connectivity index (χ2v) is 11.2. The van der Waals surface area contributed by atoms with Crippen LogP contribution in [0.5, 0.6) is 0 Å². The molecule has 0 radical (unpaired) electrons. The zero-order chi connectivity index (χ0) is 28.8. The zero-order valence-corrected chi connectivity index (χ0v) is 24.2. The number of carbonyl (C=O) groups excluding carboxylic acids is 2. The molecule has 2 aromatic carbocycles. The second kappa shape index (κ2) is 13.1. The molecule has 9 heteroatoms. The summed E-state index contributed by atoms with van der Waals surface area (Å²) in [6.07, 6.45) is 10.0. The summed E-state index contributed by atoms with van der Waals surface area (Å²) < 4.78 is 0. The van der Waals surface area contributed by atoms with Gasteiger partial charge in [0.2, 0.25) is 0 Å². The largest absolute Gasteiger partial charge is 0.360 e. The van der Waals surface area contributed by atoms with Crippen molar-refractivity contribution in [1.82, 2.24) is 24.8 Å². The Kier molecular flexibility index (Phi) is 9.11. The number of urea groups is 1. The van der Waals surface area contributed by atoms with Crippen LogP contribution in [-0.2, 0) is 17.6 Å². The summed E-state index contributed by atoms with van der Waals surface area (Å²) in [5, 5.41) is 4.58. The van der Waals surface area contributed by atoms with E-state index in [0.29, 0.717) is 42.3 Å². The monoisotopic (exact) mass is 570 g/mol. The predicted octanol–water partition coefficient (Wildman–Crippen LogP) is 5.99. The lowest BCUT2D eigenvalue weighted by molar-refractivity contribution is -0.114. The average molecular weight is 571 g/mol. The van der Waals surface area contributed by atoms with Gasteiger partial charge in [0.05, 0.1) is 10.7 Å². The number of hydrogen-bond donors (Lipinski definition) is 2. The zero-order valence-electron chi connectivity index (χ0n) is 23.4. The first-order valence-electron chi connectivity index (χ1n) is 13.9. The first kappa shape index (κ1) is 28.5. The van der Waals surface area contributed by atoms with Crippen molar-refractivity contribution in [2.45, 2.75) is 25.7 Å². The highest BCUT2D eigenvalue weighted by Crippen LogP contribution is 2.32. The molecule has 1 unspecified atom stereocenters. The molecule has 4 aromatic rings. The third kappa shape index (κ3) is 7.39. The van der Waals surface area contributed by atoms with Crippen molar-refractivity contribution in [2.75, 3.05) is 39.0 Å². The number of likely N-dealkylation sites (N-methyl/N-ethyl adjacent to an activating group) is 1. The van der Waals surface area contributed by atoms with Gasteiger partial charge in [-0.25, -0.2) is 14.8 Å². The molecule has 41 heavy (non-hydrogen) atoms. The summed E-state index contributed by atoms with van der Waals surface area (Å²) in [7, 11) is 3.92. The number of fused-ring (bicyclic) bond motifs is 1. The third-order valence-electron chi connectivity index (χ3n) is 7.27. The highest BCUT2D eigenvalue weighted by molar-refractivity contribution is 6.33. The summed E-state index contributed by atoms with van der Waals surface area (Å²) in [4.78, 5) is 41.7. The molecule has 0 spiro atoms. The molecular weight excluding hydrogens is 536 g/mol. The number of halogens is 1. The molecule has 1 atom stereocenters. The molecule has 212 valence electrons. The number of rotatable bonds is 9. The second-order valence-electron chi connectivity index (χ2n) is 10.8. The number of likely N-dealkylation sites (tertiary alicyclic amines) is 1. The van der Waals surface area contributed by atoms with Crippen molar-refractivity contribution in [3.8, 4) is 11.3 Å². The summed E-state index contributed by atoms with van der Waals surface area (Å²) in [5.74, 6) is 1.03. The minimum Gasteiger partial charge on any atom is -0.360 e.